The summed E-state index contributed by atoms with van der Waals surface area (Å²) in [7, 11) is 1.33. The second kappa shape index (κ2) is 5.97. The van der Waals surface area contributed by atoms with Crippen LogP contribution in [0.1, 0.15) is 16.1 Å². The number of fused-ring (bicyclic) bond motifs is 1. The Morgan fingerprint density at radius 2 is 2.19 bits per heavy atom. The fraction of sp³-hybridized carbons (Fsp3) is 0.133. The van der Waals surface area contributed by atoms with Crippen molar-refractivity contribution in [2.45, 2.75) is 10.8 Å². The molecular formula is C15H12N2O3S. The number of hydrogen-bond acceptors (Lipinski definition) is 6. The van der Waals surface area contributed by atoms with E-state index >= 15 is 0 Å². The molecule has 0 aliphatic rings. The number of thioether (sulfide) groups is 1. The summed E-state index contributed by atoms with van der Waals surface area (Å²) in [5.74, 6) is 0.321. The first-order valence-electron chi connectivity index (χ1n) is 6.27. The lowest BCUT2D eigenvalue weighted by molar-refractivity contribution is 0.0564. The molecule has 0 fully saturated rings. The summed E-state index contributed by atoms with van der Waals surface area (Å²) in [5.41, 5.74) is 0.779. The number of furan rings is 1. The number of ether oxygens (including phenoxy) is 1. The maximum Gasteiger partial charge on any atom is 0.374 e. The summed E-state index contributed by atoms with van der Waals surface area (Å²) in [6, 6.07) is 9.68. The Morgan fingerprint density at radius 3 is 3.05 bits per heavy atom. The normalized spacial score (nSPS) is 10.7. The van der Waals surface area contributed by atoms with Crippen molar-refractivity contribution in [3.63, 3.8) is 0 Å². The summed E-state index contributed by atoms with van der Waals surface area (Å²) < 4.78 is 9.86. The third-order valence-electron chi connectivity index (χ3n) is 3.02. The van der Waals surface area contributed by atoms with Crippen molar-refractivity contribution in [3.05, 3.63) is 54.1 Å². The molecule has 0 saturated heterocycles. The van der Waals surface area contributed by atoms with Gasteiger partial charge in [-0.2, -0.15) is 5.10 Å². The van der Waals surface area contributed by atoms with Crippen LogP contribution in [-0.2, 0) is 10.5 Å². The molecule has 3 rings (SSSR count). The van der Waals surface area contributed by atoms with Crippen LogP contribution in [0.15, 0.2) is 52.2 Å². The van der Waals surface area contributed by atoms with E-state index in [4.69, 9.17) is 4.42 Å². The highest BCUT2D eigenvalue weighted by Crippen LogP contribution is 2.28. The summed E-state index contributed by atoms with van der Waals surface area (Å²) in [6.45, 7) is 0. The lowest BCUT2D eigenvalue weighted by Gasteiger charge is -2.04. The van der Waals surface area contributed by atoms with Gasteiger partial charge in [0.2, 0.25) is 5.76 Å². The first-order valence-corrected chi connectivity index (χ1v) is 7.26. The van der Waals surface area contributed by atoms with Crippen LogP contribution in [0.3, 0.4) is 0 Å². The minimum atomic E-state index is -0.473. The number of hydrogen-bond donors (Lipinski definition) is 0. The average Bonchev–Trinajstić information content (AvgIpc) is 3.00. The molecule has 0 bridgehead atoms. The highest BCUT2D eigenvalue weighted by Gasteiger charge is 2.16. The molecule has 2 heterocycles. The zero-order chi connectivity index (χ0) is 14.7. The Morgan fingerprint density at radius 1 is 1.33 bits per heavy atom. The van der Waals surface area contributed by atoms with E-state index in [9.17, 15) is 4.79 Å². The molecule has 6 heteroatoms. The molecule has 2 aromatic heterocycles. The van der Waals surface area contributed by atoms with Crippen molar-refractivity contribution in [1.82, 2.24) is 10.2 Å². The molecule has 1 aromatic carbocycles. The molecular weight excluding hydrogens is 288 g/mol. The molecule has 0 radical (unpaired) electrons. The quantitative estimate of drug-likeness (QED) is 0.544. The number of aromatic nitrogens is 2. The molecule has 106 valence electrons. The van der Waals surface area contributed by atoms with Crippen LogP contribution in [0.25, 0.3) is 10.8 Å². The SMILES string of the molecule is COC(=O)c1occc1CSc1nncc2ccccc12. The lowest BCUT2D eigenvalue weighted by atomic mass is 10.2. The largest absolute Gasteiger partial charge is 0.463 e. The van der Waals surface area contributed by atoms with Gasteiger partial charge < -0.3 is 9.15 Å². The Bertz CT molecular complexity index is 780. The Balaban J connectivity index is 1.84. The van der Waals surface area contributed by atoms with Gasteiger partial charge in [-0.05, 0) is 6.07 Å². The van der Waals surface area contributed by atoms with Gasteiger partial charge in [0.25, 0.3) is 0 Å². The molecule has 0 unspecified atom stereocenters. The third kappa shape index (κ3) is 2.75. The average molecular weight is 300 g/mol. The molecule has 0 amide bonds. The Labute approximate surface area is 125 Å². The fourth-order valence-electron chi connectivity index (χ4n) is 1.98. The van der Waals surface area contributed by atoms with E-state index in [0.717, 1.165) is 21.4 Å². The van der Waals surface area contributed by atoms with E-state index < -0.39 is 5.97 Å². The molecule has 21 heavy (non-hydrogen) atoms. The first kappa shape index (κ1) is 13.6. The van der Waals surface area contributed by atoms with E-state index in [-0.39, 0.29) is 5.76 Å². The van der Waals surface area contributed by atoms with Crippen molar-refractivity contribution in [2.24, 2.45) is 0 Å². The van der Waals surface area contributed by atoms with E-state index in [1.807, 2.05) is 24.3 Å². The third-order valence-corrected chi connectivity index (χ3v) is 4.05. The second-order valence-electron chi connectivity index (χ2n) is 4.29. The minimum absolute atomic E-state index is 0.234. The lowest BCUT2D eigenvalue weighted by Crippen LogP contribution is -2.02. The van der Waals surface area contributed by atoms with E-state index in [1.165, 1.54) is 25.1 Å². The second-order valence-corrected chi connectivity index (χ2v) is 5.26. The van der Waals surface area contributed by atoms with Crippen LogP contribution >= 0.6 is 11.8 Å². The fourth-order valence-corrected chi connectivity index (χ4v) is 2.94. The number of benzene rings is 1. The maximum absolute atomic E-state index is 11.6. The molecule has 0 atom stereocenters. The smallest absolute Gasteiger partial charge is 0.374 e. The molecule has 0 saturated carbocycles. The molecule has 3 aromatic rings. The number of rotatable bonds is 4. The summed E-state index contributed by atoms with van der Waals surface area (Å²) in [6.07, 6.45) is 3.22. The molecule has 5 nitrogen and oxygen atoms in total. The van der Waals surface area contributed by atoms with Crippen molar-refractivity contribution >= 4 is 28.5 Å². The number of carbonyl (C=O) groups excluding carboxylic acids is 1. The van der Waals surface area contributed by atoms with Crippen LogP contribution in [0.2, 0.25) is 0 Å². The van der Waals surface area contributed by atoms with Crippen LogP contribution in [0.4, 0.5) is 0 Å². The van der Waals surface area contributed by atoms with E-state index in [2.05, 4.69) is 14.9 Å². The number of esters is 1. The summed E-state index contributed by atoms with van der Waals surface area (Å²) in [4.78, 5) is 11.6. The van der Waals surface area contributed by atoms with Gasteiger partial charge in [-0.25, -0.2) is 4.79 Å². The van der Waals surface area contributed by atoms with E-state index in [0.29, 0.717) is 5.75 Å². The topological polar surface area (TPSA) is 65.2 Å². The van der Waals surface area contributed by atoms with Gasteiger partial charge in [0.15, 0.2) is 0 Å². The van der Waals surface area contributed by atoms with Gasteiger partial charge in [-0.15, -0.1) is 5.10 Å². The summed E-state index contributed by atoms with van der Waals surface area (Å²) in [5, 5.41) is 11.1. The molecule has 0 aliphatic heterocycles. The van der Waals surface area contributed by atoms with Crippen LogP contribution in [0, 0.1) is 0 Å². The van der Waals surface area contributed by atoms with Crippen LogP contribution in [-0.4, -0.2) is 23.3 Å². The molecule has 0 N–H and O–H groups in total. The monoisotopic (exact) mass is 300 g/mol. The number of nitrogens with zero attached hydrogens (tertiary/aromatic N) is 2. The van der Waals surface area contributed by atoms with Gasteiger partial charge in [-0.3, -0.25) is 0 Å². The van der Waals surface area contributed by atoms with Gasteiger partial charge in [0, 0.05) is 22.1 Å². The van der Waals surface area contributed by atoms with Crippen molar-refractivity contribution in [2.75, 3.05) is 7.11 Å². The van der Waals surface area contributed by atoms with Gasteiger partial charge in [0.05, 0.1) is 19.6 Å². The van der Waals surface area contributed by atoms with Crippen molar-refractivity contribution in [1.29, 1.82) is 0 Å². The maximum atomic E-state index is 11.6. The highest BCUT2D eigenvalue weighted by atomic mass is 32.2. The Kier molecular flexibility index (Phi) is 3.87. The van der Waals surface area contributed by atoms with E-state index in [1.54, 1.807) is 12.3 Å². The number of carbonyl (C=O) groups is 1. The van der Waals surface area contributed by atoms with Crippen LogP contribution in [0.5, 0.6) is 0 Å². The zero-order valence-corrected chi connectivity index (χ0v) is 12.1. The Hall–Kier alpha value is -2.34. The number of methoxy groups -OCH3 is 1. The van der Waals surface area contributed by atoms with Crippen molar-refractivity contribution < 1.29 is 13.9 Å². The summed E-state index contributed by atoms with van der Waals surface area (Å²) >= 11 is 1.51. The molecule has 0 spiro atoms. The van der Waals surface area contributed by atoms with Crippen molar-refractivity contribution in [3.8, 4) is 0 Å². The molecule has 0 aliphatic carbocycles. The zero-order valence-electron chi connectivity index (χ0n) is 11.3. The van der Waals surface area contributed by atoms with Gasteiger partial charge in [-0.1, -0.05) is 36.0 Å². The van der Waals surface area contributed by atoms with Gasteiger partial charge in [0.1, 0.15) is 5.03 Å². The van der Waals surface area contributed by atoms with Crippen LogP contribution < -0.4 is 0 Å². The highest BCUT2D eigenvalue weighted by molar-refractivity contribution is 7.98. The predicted molar refractivity (Wildman–Crippen MR) is 79.1 cm³/mol. The standard InChI is InChI=1S/C15H12N2O3S/c1-19-15(18)13-11(6-7-20-13)9-21-14-12-5-3-2-4-10(12)8-16-17-14/h2-8H,9H2,1H3. The first-order chi connectivity index (χ1) is 10.3. The predicted octanol–water partition coefficient (Wildman–Crippen LogP) is 3.30. The minimum Gasteiger partial charge on any atom is -0.463 e. The van der Waals surface area contributed by atoms with Gasteiger partial charge >= 0.3 is 5.97 Å².